The van der Waals surface area contributed by atoms with Crippen LogP contribution in [0.4, 0.5) is 18.9 Å². The lowest BCUT2D eigenvalue weighted by atomic mass is 10.1. The monoisotopic (exact) mass is 281 g/mol. The first kappa shape index (κ1) is 12.0. The molecule has 0 unspecified atom stereocenters. The van der Waals surface area contributed by atoms with Crippen LogP contribution in [0.15, 0.2) is 16.6 Å². The number of amides is 1. The molecule has 2 nitrogen and oxygen atoms in total. The standard InChI is InChI=1S/C9H7BrF3NO/c1-5-7(10)2-6(9(11,12)13)3-8(5)14-4-15/h2-4H,1H3,(H,14,15). The van der Waals surface area contributed by atoms with E-state index in [1.807, 2.05) is 0 Å². The molecule has 0 aliphatic rings. The third-order valence-electron chi connectivity index (χ3n) is 1.89. The average molecular weight is 282 g/mol. The number of carbonyl (C=O) groups excluding carboxylic acids is 1. The summed E-state index contributed by atoms with van der Waals surface area (Å²) in [6.45, 7) is 1.61. The first-order chi connectivity index (χ1) is 6.86. The highest BCUT2D eigenvalue weighted by Gasteiger charge is 2.31. The van der Waals surface area contributed by atoms with Crippen LogP contribution in [0.25, 0.3) is 0 Å². The summed E-state index contributed by atoms with van der Waals surface area (Å²) < 4.78 is 37.5. The van der Waals surface area contributed by atoms with Crippen LogP contribution in [0, 0.1) is 6.92 Å². The fourth-order valence-corrected chi connectivity index (χ4v) is 1.52. The fourth-order valence-electron chi connectivity index (χ4n) is 1.06. The van der Waals surface area contributed by atoms with Crippen molar-refractivity contribution in [3.05, 3.63) is 27.7 Å². The van der Waals surface area contributed by atoms with Crippen molar-refractivity contribution in [1.82, 2.24) is 0 Å². The van der Waals surface area contributed by atoms with Gasteiger partial charge in [0.15, 0.2) is 0 Å². The van der Waals surface area contributed by atoms with Gasteiger partial charge < -0.3 is 5.32 Å². The van der Waals surface area contributed by atoms with E-state index < -0.39 is 11.7 Å². The number of hydrogen-bond donors (Lipinski definition) is 1. The van der Waals surface area contributed by atoms with Crippen LogP contribution >= 0.6 is 15.9 Å². The van der Waals surface area contributed by atoms with Gasteiger partial charge in [-0.1, -0.05) is 15.9 Å². The van der Waals surface area contributed by atoms with E-state index in [0.717, 1.165) is 12.1 Å². The fraction of sp³-hybridized carbons (Fsp3) is 0.222. The lowest BCUT2D eigenvalue weighted by Gasteiger charge is -2.12. The molecule has 6 heteroatoms. The van der Waals surface area contributed by atoms with Gasteiger partial charge in [0.1, 0.15) is 0 Å². The molecule has 0 spiro atoms. The number of halogens is 4. The van der Waals surface area contributed by atoms with Crippen molar-refractivity contribution in [1.29, 1.82) is 0 Å². The molecule has 0 atom stereocenters. The van der Waals surface area contributed by atoms with Gasteiger partial charge in [-0.25, -0.2) is 0 Å². The molecule has 0 fully saturated rings. The molecule has 0 saturated heterocycles. The van der Waals surface area contributed by atoms with E-state index >= 15 is 0 Å². The number of anilines is 1. The quantitative estimate of drug-likeness (QED) is 0.828. The highest BCUT2D eigenvalue weighted by Crippen LogP contribution is 2.35. The Kier molecular flexibility index (Phi) is 3.38. The summed E-state index contributed by atoms with van der Waals surface area (Å²) in [5.74, 6) is 0. The van der Waals surface area contributed by atoms with Gasteiger partial charge in [0, 0.05) is 10.2 Å². The van der Waals surface area contributed by atoms with Gasteiger partial charge in [0.2, 0.25) is 6.41 Å². The Labute approximate surface area is 92.6 Å². The van der Waals surface area contributed by atoms with Crippen LogP contribution in [0.3, 0.4) is 0 Å². The third kappa shape index (κ3) is 2.71. The maximum atomic E-state index is 12.4. The third-order valence-corrected chi connectivity index (χ3v) is 2.71. The van der Waals surface area contributed by atoms with Gasteiger partial charge in [-0.15, -0.1) is 0 Å². The summed E-state index contributed by atoms with van der Waals surface area (Å²) in [6, 6.07) is 1.87. The molecule has 0 aromatic heterocycles. The largest absolute Gasteiger partial charge is 0.416 e. The van der Waals surface area contributed by atoms with Crippen LogP contribution in [-0.4, -0.2) is 6.41 Å². The summed E-state index contributed by atoms with van der Waals surface area (Å²) in [5.41, 5.74) is -0.105. The summed E-state index contributed by atoms with van der Waals surface area (Å²) in [7, 11) is 0. The maximum Gasteiger partial charge on any atom is 0.416 e. The molecule has 82 valence electrons. The summed E-state index contributed by atoms with van der Waals surface area (Å²) >= 11 is 3.00. The molecule has 0 aliphatic carbocycles. The Morgan fingerprint density at radius 3 is 2.47 bits per heavy atom. The zero-order chi connectivity index (χ0) is 11.6. The van der Waals surface area contributed by atoms with Crippen molar-refractivity contribution in [2.45, 2.75) is 13.1 Å². The van der Waals surface area contributed by atoms with E-state index in [2.05, 4.69) is 21.2 Å². The van der Waals surface area contributed by atoms with E-state index in [0.29, 0.717) is 16.4 Å². The second-order valence-electron chi connectivity index (χ2n) is 2.89. The smallest absolute Gasteiger partial charge is 0.328 e. The van der Waals surface area contributed by atoms with Crippen LogP contribution in [-0.2, 0) is 11.0 Å². The molecule has 15 heavy (non-hydrogen) atoms. The highest BCUT2D eigenvalue weighted by molar-refractivity contribution is 9.10. The topological polar surface area (TPSA) is 29.1 Å². The maximum absolute atomic E-state index is 12.4. The van der Waals surface area contributed by atoms with Gasteiger partial charge in [0.25, 0.3) is 0 Å². The van der Waals surface area contributed by atoms with E-state index in [4.69, 9.17) is 0 Å². The number of carbonyl (C=O) groups is 1. The Balaban J connectivity index is 3.29. The number of rotatable bonds is 2. The van der Waals surface area contributed by atoms with Gasteiger partial charge in [-0.05, 0) is 24.6 Å². The minimum absolute atomic E-state index is 0.145. The van der Waals surface area contributed by atoms with Crippen LogP contribution in [0.5, 0.6) is 0 Å². The zero-order valence-electron chi connectivity index (χ0n) is 7.65. The van der Waals surface area contributed by atoms with Gasteiger partial charge in [-0.2, -0.15) is 13.2 Å². The van der Waals surface area contributed by atoms with E-state index in [-0.39, 0.29) is 5.69 Å². The second-order valence-corrected chi connectivity index (χ2v) is 3.74. The van der Waals surface area contributed by atoms with Gasteiger partial charge in [-0.3, -0.25) is 4.79 Å². The molecule has 0 heterocycles. The van der Waals surface area contributed by atoms with Crippen molar-refractivity contribution in [3.63, 3.8) is 0 Å². The second kappa shape index (κ2) is 4.22. The Morgan fingerprint density at radius 2 is 2.00 bits per heavy atom. The SMILES string of the molecule is Cc1c(Br)cc(C(F)(F)F)cc1NC=O. The van der Waals surface area contributed by atoms with Crippen molar-refractivity contribution < 1.29 is 18.0 Å². The molecule has 1 rings (SSSR count). The molecule has 0 saturated carbocycles. The van der Waals surface area contributed by atoms with E-state index in [9.17, 15) is 18.0 Å². The molecule has 0 aliphatic heterocycles. The van der Waals surface area contributed by atoms with Crippen molar-refractivity contribution in [3.8, 4) is 0 Å². The van der Waals surface area contributed by atoms with E-state index in [1.165, 1.54) is 0 Å². The molecular weight excluding hydrogens is 275 g/mol. The average Bonchev–Trinajstić information content (AvgIpc) is 2.11. The number of hydrogen-bond acceptors (Lipinski definition) is 1. The van der Waals surface area contributed by atoms with Crippen molar-refractivity contribution in [2.24, 2.45) is 0 Å². The number of nitrogens with one attached hydrogen (secondary N) is 1. The van der Waals surface area contributed by atoms with Crippen molar-refractivity contribution in [2.75, 3.05) is 5.32 Å². The molecule has 0 radical (unpaired) electrons. The Morgan fingerprint density at radius 1 is 1.40 bits per heavy atom. The Bertz CT molecular complexity index is 390. The minimum Gasteiger partial charge on any atom is -0.328 e. The minimum atomic E-state index is -4.42. The van der Waals surface area contributed by atoms with Crippen molar-refractivity contribution >= 4 is 28.0 Å². The van der Waals surface area contributed by atoms with Crippen LogP contribution in [0.1, 0.15) is 11.1 Å². The lowest BCUT2D eigenvalue weighted by Crippen LogP contribution is -2.07. The summed E-state index contributed by atoms with van der Waals surface area (Å²) in [6.07, 6.45) is -4.08. The van der Waals surface area contributed by atoms with Gasteiger partial charge >= 0.3 is 6.18 Å². The molecule has 1 aromatic carbocycles. The Hall–Kier alpha value is -1.04. The predicted molar refractivity (Wildman–Crippen MR) is 53.6 cm³/mol. The van der Waals surface area contributed by atoms with Crippen LogP contribution in [0.2, 0.25) is 0 Å². The molecule has 0 bridgehead atoms. The normalized spacial score (nSPS) is 11.3. The zero-order valence-corrected chi connectivity index (χ0v) is 9.24. The molecule has 1 amide bonds. The summed E-state index contributed by atoms with van der Waals surface area (Å²) in [5, 5.41) is 2.22. The molecular formula is C9H7BrF3NO. The van der Waals surface area contributed by atoms with Gasteiger partial charge in [0.05, 0.1) is 5.56 Å². The summed E-state index contributed by atoms with van der Waals surface area (Å²) in [4.78, 5) is 10.2. The number of alkyl halides is 3. The molecule has 1 aromatic rings. The first-order valence-electron chi connectivity index (χ1n) is 3.94. The highest BCUT2D eigenvalue weighted by atomic mass is 79.9. The first-order valence-corrected chi connectivity index (χ1v) is 4.73. The predicted octanol–water partition coefficient (Wildman–Crippen LogP) is 3.34. The van der Waals surface area contributed by atoms with Crippen LogP contribution < -0.4 is 5.32 Å². The molecule has 1 N–H and O–H groups in total. The lowest BCUT2D eigenvalue weighted by molar-refractivity contribution is -0.137. The number of benzene rings is 1. The van der Waals surface area contributed by atoms with E-state index in [1.54, 1.807) is 6.92 Å².